The first-order valence-electron chi connectivity index (χ1n) is 5.96. The predicted molar refractivity (Wildman–Crippen MR) is 74.8 cm³/mol. The van der Waals surface area contributed by atoms with E-state index in [1.165, 1.54) is 12.1 Å². The fourth-order valence-electron chi connectivity index (χ4n) is 1.64. The molecule has 0 aliphatic rings. The number of carbonyl (C=O) groups excluding carboxylic acids is 1. The number of aliphatic hydroxyl groups excluding tert-OH is 1. The Bertz CT molecular complexity index is 686. The van der Waals surface area contributed by atoms with Gasteiger partial charge in [0.05, 0.1) is 5.69 Å². The maximum atomic E-state index is 13.4. The van der Waals surface area contributed by atoms with Crippen LogP contribution in [0, 0.1) is 17.7 Å². The minimum atomic E-state index is -0.489. The number of nitrogens with one attached hydrogen (secondary N) is 1. The number of benzene rings is 2. The lowest BCUT2D eigenvalue weighted by Gasteiger charge is -2.06. The molecule has 0 heterocycles. The summed E-state index contributed by atoms with van der Waals surface area (Å²) >= 11 is 0. The van der Waals surface area contributed by atoms with Gasteiger partial charge in [-0.3, -0.25) is 4.79 Å². The maximum absolute atomic E-state index is 13.4. The topological polar surface area (TPSA) is 49.3 Å². The zero-order valence-electron chi connectivity index (χ0n) is 10.6. The first kappa shape index (κ1) is 13.8. The van der Waals surface area contributed by atoms with Crippen molar-refractivity contribution in [1.29, 1.82) is 0 Å². The molecule has 2 aromatic rings. The van der Waals surface area contributed by atoms with E-state index in [1.54, 1.807) is 36.4 Å². The van der Waals surface area contributed by atoms with Crippen LogP contribution in [0.25, 0.3) is 0 Å². The van der Waals surface area contributed by atoms with Crippen LogP contribution >= 0.6 is 0 Å². The summed E-state index contributed by atoms with van der Waals surface area (Å²) in [6.45, 7) is -0.244. The highest BCUT2D eigenvalue weighted by Crippen LogP contribution is 2.14. The molecule has 2 aromatic carbocycles. The number of hydrogen-bond donors (Lipinski definition) is 2. The molecule has 0 atom stereocenters. The number of rotatable bonds is 2. The van der Waals surface area contributed by atoms with Gasteiger partial charge in [-0.05, 0) is 30.3 Å². The summed E-state index contributed by atoms with van der Waals surface area (Å²) in [7, 11) is 0. The number of anilines is 1. The molecule has 2 rings (SSSR count). The van der Waals surface area contributed by atoms with Gasteiger partial charge in [0.1, 0.15) is 12.4 Å². The average Bonchev–Trinajstić information content (AvgIpc) is 2.48. The molecule has 0 saturated carbocycles. The third-order valence-corrected chi connectivity index (χ3v) is 2.56. The molecule has 0 fully saturated rings. The van der Waals surface area contributed by atoms with E-state index in [0.717, 1.165) is 0 Å². The third-order valence-electron chi connectivity index (χ3n) is 2.56. The summed E-state index contributed by atoms with van der Waals surface area (Å²) in [4.78, 5) is 12.0. The van der Waals surface area contributed by atoms with Gasteiger partial charge in [0, 0.05) is 11.1 Å². The Balaban J connectivity index is 2.19. The van der Waals surface area contributed by atoms with Crippen molar-refractivity contribution >= 4 is 11.6 Å². The second-order valence-corrected chi connectivity index (χ2v) is 3.97. The molecule has 0 aliphatic carbocycles. The second-order valence-electron chi connectivity index (χ2n) is 3.97. The summed E-state index contributed by atoms with van der Waals surface area (Å²) in [5.74, 6) is 4.31. The van der Waals surface area contributed by atoms with Crippen LogP contribution in [0.1, 0.15) is 15.9 Å². The van der Waals surface area contributed by atoms with Gasteiger partial charge >= 0.3 is 0 Å². The van der Waals surface area contributed by atoms with Crippen molar-refractivity contribution in [1.82, 2.24) is 0 Å². The summed E-state index contributed by atoms with van der Waals surface area (Å²) in [6.07, 6.45) is 0. The molecule has 1 amide bonds. The lowest BCUT2D eigenvalue weighted by Crippen LogP contribution is -2.13. The molecule has 20 heavy (non-hydrogen) atoms. The van der Waals surface area contributed by atoms with E-state index in [0.29, 0.717) is 11.1 Å². The summed E-state index contributed by atoms with van der Waals surface area (Å²) in [6, 6.07) is 12.6. The third kappa shape index (κ3) is 3.44. The number of aliphatic hydroxyl groups is 1. The van der Waals surface area contributed by atoms with Crippen molar-refractivity contribution in [3.63, 3.8) is 0 Å². The van der Waals surface area contributed by atoms with Crippen LogP contribution in [0.3, 0.4) is 0 Å². The van der Waals surface area contributed by atoms with Crippen LogP contribution in [0.2, 0.25) is 0 Å². The Kier molecular flexibility index (Phi) is 4.48. The summed E-state index contributed by atoms with van der Waals surface area (Å²) in [5, 5.41) is 11.1. The van der Waals surface area contributed by atoms with E-state index in [1.807, 2.05) is 0 Å². The van der Waals surface area contributed by atoms with Gasteiger partial charge in [-0.15, -0.1) is 0 Å². The zero-order chi connectivity index (χ0) is 14.4. The second kappa shape index (κ2) is 6.50. The van der Waals surface area contributed by atoms with Gasteiger partial charge in [-0.25, -0.2) is 4.39 Å². The maximum Gasteiger partial charge on any atom is 0.255 e. The molecule has 0 aromatic heterocycles. The highest BCUT2D eigenvalue weighted by molar-refractivity contribution is 6.04. The lowest BCUT2D eigenvalue weighted by atomic mass is 10.1. The Morgan fingerprint density at radius 1 is 1.20 bits per heavy atom. The van der Waals surface area contributed by atoms with Crippen LogP contribution in [0.5, 0.6) is 0 Å². The van der Waals surface area contributed by atoms with Crippen molar-refractivity contribution in [3.05, 3.63) is 65.5 Å². The fraction of sp³-hybridized carbons (Fsp3) is 0.0625. The van der Waals surface area contributed by atoms with Crippen LogP contribution < -0.4 is 5.32 Å². The first-order chi connectivity index (χ1) is 9.70. The summed E-state index contributed by atoms with van der Waals surface area (Å²) < 4.78 is 13.4. The Morgan fingerprint density at radius 3 is 2.75 bits per heavy atom. The quantitative estimate of drug-likeness (QED) is 0.823. The normalized spacial score (nSPS) is 9.50. The van der Waals surface area contributed by atoms with Crippen LogP contribution in [-0.2, 0) is 0 Å². The SMILES string of the molecule is O=C(Nc1ccccc1F)c1cccc(C#CCO)c1. The molecule has 0 bridgehead atoms. The molecule has 3 nitrogen and oxygen atoms in total. The molecule has 100 valence electrons. The van der Waals surface area contributed by atoms with Gasteiger partial charge in [-0.2, -0.15) is 0 Å². The van der Waals surface area contributed by atoms with Gasteiger partial charge in [0.25, 0.3) is 5.91 Å². The predicted octanol–water partition coefficient (Wildman–Crippen LogP) is 2.42. The highest BCUT2D eigenvalue weighted by Gasteiger charge is 2.08. The summed E-state index contributed by atoms with van der Waals surface area (Å²) in [5.41, 5.74) is 1.11. The molecule has 4 heteroatoms. The minimum absolute atomic E-state index is 0.129. The van der Waals surface area contributed by atoms with Gasteiger partial charge < -0.3 is 10.4 Å². The van der Waals surface area contributed by atoms with E-state index in [9.17, 15) is 9.18 Å². The van der Waals surface area contributed by atoms with Gasteiger partial charge in [0.15, 0.2) is 0 Å². The zero-order valence-corrected chi connectivity index (χ0v) is 10.6. The van der Waals surface area contributed by atoms with Crippen molar-refractivity contribution < 1.29 is 14.3 Å². The van der Waals surface area contributed by atoms with Crippen molar-refractivity contribution in [3.8, 4) is 11.8 Å². The monoisotopic (exact) mass is 269 g/mol. The minimum Gasteiger partial charge on any atom is -0.384 e. The van der Waals surface area contributed by atoms with Crippen LogP contribution in [0.15, 0.2) is 48.5 Å². The van der Waals surface area contributed by atoms with Crippen molar-refractivity contribution in [2.75, 3.05) is 11.9 Å². The Morgan fingerprint density at radius 2 is 2.00 bits per heavy atom. The molecule has 0 unspecified atom stereocenters. The number of hydrogen-bond acceptors (Lipinski definition) is 2. The van der Waals surface area contributed by atoms with E-state index in [2.05, 4.69) is 17.2 Å². The standard InChI is InChI=1S/C16H12FNO2/c17-14-8-1-2-9-15(14)18-16(20)13-7-3-5-12(11-13)6-4-10-19/h1-3,5,7-9,11,19H,10H2,(H,18,20). The largest absolute Gasteiger partial charge is 0.384 e. The van der Waals surface area contributed by atoms with E-state index in [4.69, 9.17) is 5.11 Å². The highest BCUT2D eigenvalue weighted by atomic mass is 19.1. The van der Waals surface area contributed by atoms with Gasteiger partial charge in [-0.1, -0.05) is 30.0 Å². The average molecular weight is 269 g/mol. The van der Waals surface area contributed by atoms with E-state index in [-0.39, 0.29) is 12.3 Å². The number of carbonyl (C=O) groups is 1. The smallest absolute Gasteiger partial charge is 0.255 e. The number of halogens is 1. The molecule has 0 saturated heterocycles. The number of amides is 1. The molecule has 0 spiro atoms. The van der Waals surface area contributed by atoms with E-state index >= 15 is 0 Å². The molecule has 2 N–H and O–H groups in total. The molecular formula is C16H12FNO2. The Labute approximate surface area is 116 Å². The van der Waals surface area contributed by atoms with Crippen molar-refractivity contribution in [2.45, 2.75) is 0 Å². The molecular weight excluding hydrogens is 257 g/mol. The van der Waals surface area contributed by atoms with Crippen molar-refractivity contribution in [2.24, 2.45) is 0 Å². The first-order valence-corrected chi connectivity index (χ1v) is 5.96. The number of para-hydroxylation sites is 1. The molecule has 0 aliphatic heterocycles. The van der Waals surface area contributed by atoms with Gasteiger partial charge in [0.2, 0.25) is 0 Å². The van der Waals surface area contributed by atoms with Crippen LogP contribution in [-0.4, -0.2) is 17.6 Å². The van der Waals surface area contributed by atoms with Crippen LogP contribution in [0.4, 0.5) is 10.1 Å². The molecule has 0 radical (unpaired) electrons. The van der Waals surface area contributed by atoms with E-state index < -0.39 is 11.7 Å². The fourth-order valence-corrected chi connectivity index (χ4v) is 1.64. The Hall–Kier alpha value is -2.64. The lowest BCUT2D eigenvalue weighted by molar-refractivity contribution is 0.102.